The molecular weight excluding hydrogens is 378 g/mol. The maximum absolute atomic E-state index is 2.16. The van der Waals surface area contributed by atoms with Crippen LogP contribution in [0.4, 0.5) is 0 Å². The van der Waals surface area contributed by atoms with Gasteiger partial charge in [-0.1, -0.05) is 26.0 Å². The van der Waals surface area contributed by atoms with Crippen molar-refractivity contribution in [2.45, 2.75) is 26.7 Å². The molecule has 112 valence electrons. The van der Waals surface area contributed by atoms with Crippen LogP contribution in [0.15, 0.2) is 60.7 Å². The van der Waals surface area contributed by atoms with Crippen molar-refractivity contribution in [1.82, 2.24) is 0 Å². The minimum Gasteiger partial charge on any atom is -1.00 e. The molecule has 2 aromatic carbocycles. The topological polar surface area (TPSA) is 0 Å². The molecule has 0 N–H and O–H groups in total. The molecule has 0 radical (unpaired) electrons. The fourth-order valence-corrected chi connectivity index (χ4v) is 1.51. The molecule has 0 saturated carbocycles. The zero-order chi connectivity index (χ0) is 13.1. The summed E-state index contributed by atoms with van der Waals surface area (Å²) in [6, 6.07) is 16.6. The van der Waals surface area contributed by atoms with Crippen LogP contribution >= 0.6 is 0 Å². The van der Waals surface area contributed by atoms with Crippen LogP contribution < -0.4 is 24.8 Å². The van der Waals surface area contributed by atoms with Crippen molar-refractivity contribution in [2.75, 3.05) is 0 Å². The van der Waals surface area contributed by atoms with E-state index in [2.05, 4.69) is 86.7 Å². The molecule has 0 spiro atoms. The Bertz CT molecular complexity index is 395. The largest absolute Gasteiger partial charge is 4.00 e. The number of hydrogen-bond acceptors (Lipinski definition) is 0. The third-order valence-corrected chi connectivity index (χ3v) is 2.47. The normalized spacial score (nSPS) is 9.24. The van der Waals surface area contributed by atoms with Crippen molar-refractivity contribution in [3.8, 4) is 0 Å². The van der Waals surface area contributed by atoms with Crippen molar-refractivity contribution in [3.63, 3.8) is 0 Å². The molecule has 0 aromatic heterocycles. The van der Waals surface area contributed by atoms with Crippen LogP contribution in [0, 0.1) is 0 Å². The summed E-state index contributed by atoms with van der Waals surface area (Å²) in [6.45, 7) is 4.28. The van der Waals surface area contributed by atoms with Crippen LogP contribution in [0.2, 0.25) is 0 Å². The van der Waals surface area contributed by atoms with E-state index in [1.165, 1.54) is 11.1 Å². The number of halogens is 2. The molecule has 0 amide bonds. The zero-order valence-corrected chi connectivity index (χ0v) is 16.6. The molecule has 0 saturated heterocycles. The summed E-state index contributed by atoms with van der Waals surface area (Å²) >= 11 is 0. The molecule has 0 bridgehead atoms. The Balaban J connectivity index is -0.000000270. The summed E-state index contributed by atoms with van der Waals surface area (Å²) in [5, 5.41) is 0. The average molecular weight is 401 g/mol. The standard InChI is InChI=1S/2C9H11.2ClH.Zr/c2*1-2-3-6-9-7-4-5-8-9;;;/h2*3-8H,2H2,1H3;2*1H;/q2*-1;;;+4/p-2. The van der Waals surface area contributed by atoms with Gasteiger partial charge in [0.25, 0.3) is 0 Å². The average Bonchev–Trinajstić information content (AvgIpc) is 3.07. The van der Waals surface area contributed by atoms with E-state index in [1.54, 1.807) is 0 Å². The molecule has 0 fully saturated rings. The summed E-state index contributed by atoms with van der Waals surface area (Å²) in [6.07, 6.45) is 10.8. The molecule has 0 aliphatic heterocycles. The van der Waals surface area contributed by atoms with E-state index in [0.717, 1.165) is 12.8 Å². The van der Waals surface area contributed by atoms with Gasteiger partial charge in [-0.25, -0.2) is 12.1 Å². The molecule has 21 heavy (non-hydrogen) atoms. The molecule has 2 rings (SSSR count). The van der Waals surface area contributed by atoms with Gasteiger partial charge in [0, 0.05) is 0 Å². The first kappa shape index (κ1) is 25.6. The first-order valence-electron chi connectivity index (χ1n) is 6.63. The van der Waals surface area contributed by atoms with Gasteiger partial charge in [0.05, 0.1) is 0 Å². The smallest absolute Gasteiger partial charge is 1.00 e. The molecular formula is C18H22Cl2Zr. The van der Waals surface area contributed by atoms with Crippen LogP contribution in [0.3, 0.4) is 0 Å². The van der Waals surface area contributed by atoms with Crippen LogP contribution in [0.25, 0.3) is 12.2 Å². The van der Waals surface area contributed by atoms with Crippen molar-refractivity contribution in [1.29, 1.82) is 0 Å². The Labute approximate surface area is 161 Å². The Hall–Kier alpha value is -0.357. The van der Waals surface area contributed by atoms with E-state index in [-0.39, 0.29) is 51.0 Å². The van der Waals surface area contributed by atoms with E-state index >= 15 is 0 Å². The van der Waals surface area contributed by atoms with Gasteiger partial charge in [-0.15, -0.1) is 12.2 Å². The third-order valence-electron chi connectivity index (χ3n) is 2.47. The second-order valence-electron chi connectivity index (χ2n) is 4.06. The van der Waals surface area contributed by atoms with E-state index in [0.29, 0.717) is 0 Å². The van der Waals surface area contributed by atoms with Gasteiger partial charge in [0.1, 0.15) is 0 Å². The fourth-order valence-electron chi connectivity index (χ4n) is 1.51. The first-order valence-corrected chi connectivity index (χ1v) is 6.63. The Kier molecular flexibility index (Phi) is 21.6. The van der Waals surface area contributed by atoms with Crippen molar-refractivity contribution < 1.29 is 51.0 Å². The molecule has 3 heteroatoms. The molecule has 2 aromatic rings. The fraction of sp³-hybridized carbons (Fsp3) is 0.222. The summed E-state index contributed by atoms with van der Waals surface area (Å²) in [4.78, 5) is 0. The van der Waals surface area contributed by atoms with Gasteiger partial charge in [-0.2, -0.15) is 47.5 Å². The van der Waals surface area contributed by atoms with Gasteiger partial charge in [0.2, 0.25) is 0 Å². The predicted octanol–water partition coefficient (Wildman–Crippen LogP) is -0.337. The number of allylic oxidation sites excluding steroid dienone is 2. The molecule has 0 aliphatic rings. The quantitative estimate of drug-likeness (QED) is 0.617. The molecule has 0 aliphatic carbocycles. The SMILES string of the molecule is CCC=Cc1cc[cH-]c1.CCC=Cc1cc[cH-]c1.[Cl-].[Cl-].[Zr+4]. The Morgan fingerprint density at radius 2 is 1.19 bits per heavy atom. The van der Waals surface area contributed by atoms with Crippen LogP contribution in [0.1, 0.15) is 37.8 Å². The van der Waals surface area contributed by atoms with Crippen LogP contribution in [0.5, 0.6) is 0 Å². The van der Waals surface area contributed by atoms with Crippen molar-refractivity contribution in [3.05, 3.63) is 71.8 Å². The van der Waals surface area contributed by atoms with E-state index < -0.39 is 0 Å². The summed E-state index contributed by atoms with van der Waals surface area (Å²) in [5.74, 6) is 0. The molecule has 0 unspecified atom stereocenters. The second-order valence-corrected chi connectivity index (χ2v) is 4.06. The Morgan fingerprint density at radius 1 is 0.810 bits per heavy atom. The maximum Gasteiger partial charge on any atom is 4.00 e. The van der Waals surface area contributed by atoms with Gasteiger partial charge in [0.15, 0.2) is 0 Å². The van der Waals surface area contributed by atoms with Gasteiger partial charge >= 0.3 is 26.2 Å². The summed E-state index contributed by atoms with van der Waals surface area (Å²) < 4.78 is 0. The molecule has 0 atom stereocenters. The van der Waals surface area contributed by atoms with E-state index in [9.17, 15) is 0 Å². The third kappa shape index (κ3) is 13.1. The summed E-state index contributed by atoms with van der Waals surface area (Å²) in [5.41, 5.74) is 2.61. The molecule has 0 nitrogen and oxygen atoms in total. The zero-order valence-electron chi connectivity index (χ0n) is 12.6. The molecule has 0 heterocycles. The van der Waals surface area contributed by atoms with Crippen LogP contribution in [-0.2, 0) is 26.2 Å². The maximum atomic E-state index is 2.16. The van der Waals surface area contributed by atoms with Gasteiger partial charge in [-0.05, 0) is 12.8 Å². The van der Waals surface area contributed by atoms with E-state index in [4.69, 9.17) is 0 Å². The second kappa shape index (κ2) is 17.7. The summed E-state index contributed by atoms with van der Waals surface area (Å²) in [7, 11) is 0. The van der Waals surface area contributed by atoms with E-state index in [1.807, 2.05) is 0 Å². The minimum atomic E-state index is 0. The van der Waals surface area contributed by atoms with Gasteiger partial charge < -0.3 is 24.8 Å². The minimum absolute atomic E-state index is 0. The first-order chi connectivity index (χ1) is 8.86. The monoisotopic (exact) mass is 398 g/mol. The predicted molar refractivity (Wildman–Crippen MR) is 82.7 cm³/mol. The van der Waals surface area contributed by atoms with Crippen molar-refractivity contribution in [2.24, 2.45) is 0 Å². The van der Waals surface area contributed by atoms with Crippen molar-refractivity contribution >= 4 is 12.2 Å². The number of rotatable bonds is 4. The Morgan fingerprint density at radius 3 is 1.43 bits per heavy atom. The number of hydrogen-bond donors (Lipinski definition) is 0. The van der Waals surface area contributed by atoms with Gasteiger partial charge in [-0.3, -0.25) is 0 Å². The van der Waals surface area contributed by atoms with Crippen LogP contribution in [-0.4, -0.2) is 0 Å².